The molecule has 0 fully saturated rings. The number of hydrogen-bond acceptors (Lipinski definition) is 3. The number of halogens is 1. The summed E-state index contributed by atoms with van der Waals surface area (Å²) in [4.78, 5) is 0. The molecule has 0 spiro atoms. The van der Waals surface area contributed by atoms with Gasteiger partial charge in [0.05, 0.1) is 11.9 Å². The summed E-state index contributed by atoms with van der Waals surface area (Å²) in [6, 6.07) is 0. The van der Waals surface area contributed by atoms with Crippen LogP contribution in [-0.2, 0) is 12.7 Å². The molecule has 0 aliphatic carbocycles. The second-order valence-corrected chi connectivity index (χ2v) is 2.64. The Morgan fingerprint density at radius 3 is 2.82 bits per heavy atom. The summed E-state index contributed by atoms with van der Waals surface area (Å²) in [5, 5.41) is 7.16. The average Bonchev–Trinajstić information content (AvgIpc) is 2.36. The second kappa shape index (κ2) is 2.58. The zero-order valence-corrected chi connectivity index (χ0v) is 6.58. The Morgan fingerprint density at radius 1 is 1.82 bits per heavy atom. The summed E-state index contributed by atoms with van der Waals surface area (Å²) < 4.78 is 14.8. The minimum atomic E-state index is -1.53. The van der Waals surface area contributed by atoms with Gasteiger partial charge in [0, 0.05) is 13.6 Å². The van der Waals surface area contributed by atoms with Gasteiger partial charge in [-0.3, -0.25) is 0 Å². The fourth-order valence-corrected chi connectivity index (χ4v) is 0.866. The minimum absolute atomic E-state index is 0.0613. The van der Waals surface area contributed by atoms with Crippen LogP contribution >= 0.6 is 0 Å². The monoisotopic (exact) mass is 158 g/mol. The average molecular weight is 158 g/mol. The summed E-state index contributed by atoms with van der Waals surface area (Å²) in [5.74, 6) is 0. The molecule has 0 saturated carbocycles. The lowest BCUT2D eigenvalue weighted by molar-refractivity contribution is 0.189. The maximum Gasteiger partial charge on any atom is 0.163 e. The van der Waals surface area contributed by atoms with Crippen molar-refractivity contribution in [2.24, 2.45) is 12.8 Å². The summed E-state index contributed by atoms with van der Waals surface area (Å²) in [6.07, 6.45) is 1.38. The van der Waals surface area contributed by atoms with E-state index in [9.17, 15) is 4.39 Å². The standard InChI is InChI=1S/C6H11FN4/c1-6(7,4-8)5-3-9-10-11(5)2/h3H,4,8H2,1-2H3. The molecule has 1 aromatic rings. The molecule has 0 saturated heterocycles. The molecule has 4 nitrogen and oxygen atoms in total. The predicted octanol–water partition coefficient (Wildman–Crippen LogP) is -0.0415. The van der Waals surface area contributed by atoms with Crippen LogP contribution in [0.25, 0.3) is 0 Å². The van der Waals surface area contributed by atoms with Crippen molar-refractivity contribution in [2.45, 2.75) is 12.6 Å². The molecule has 0 aromatic carbocycles. The number of aromatic nitrogens is 3. The van der Waals surface area contributed by atoms with Crippen molar-refractivity contribution in [3.8, 4) is 0 Å². The van der Waals surface area contributed by atoms with Crippen LogP contribution < -0.4 is 5.73 Å². The Hall–Kier alpha value is -0.970. The van der Waals surface area contributed by atoms with Gasteiger partial charge >= 0.3 is 0 Å². The van der Waals surface area contributed by atoms with Crippen molar-refractivity contribution in [1.82, 2.24) is 15.0 Å². The molecule has 2 N–H and O–H groups in total. The molecule has 11 heavy (non-hydrogen) atoms. The molecule has 1 rings (SSSR count). The van der Waals surface area contributed by atoms with Crippen molar-refractivity contribution >= 4 is 0 Å². The van der Waals surface area contributed by atoms with Crippen LogP contribution in [0.2, 0.25) is 0 Å². The van der Waals surface area contributed by atoms with Crippen molar-refractivity contribution in [1.29, 1.82) is 0 Å². The first-order chi connectivity index (χ1) is 5.08. The smallest absolute Gasteiger partial charge is 0.163 e. The van der Waals surface area contributed by atoms with Gasteiger partial charge < -0.3 is 5.73 Å². The first-order valence-corrected chi connectivity index (χ1v) is 3.32. The lowest BCUT2D eigenvalue weighted by Crippen LogP contribution is -2.29. The van der Waals surface area contributed by atoms with E-state index in [0.29, 0.717) is 5.69 Å². The van der Waals surface area contributed by atoms with Gasteiger partial charge in [0.2, 0.25) is 0 Å². The Bertz CT molecular complexity index is 242. The highest BCUT2D eigenvalue weighted by Gasteiger charge is 2.27. The van der Waals surface area contributed by atoms with E-state index in [1.54, 1.807) is 7.05 Å². The largest absolute Gasteiger partial charge is 0.327 e. The van der Waals surface area contributed by atoms with E-state index in [1.165, 1.54) is 17.8 Å². The third-order valence-electron chi connectivity index (χ3n) is 1.63. The first kappa shape index (κ1) is 8.13. The van der Waals surface area contributed by atoms with Crippen LogP contribution in [0.15, 0.2) is 6.20 Å². The summed E-state index contributed by atoms with van der Waals surface area (Å²) in [5.41, 5.74) is 4.10. The molecule has 0 aliphatic rings. The SMILES string of the molecule is Cn1nncc1C(C)(F)CN. The number of nitrogens with two attached hydrogens (primary N) is 1. The van der Waals surface area contributed by atoms with Gasteiger partial charge in [0.1, 0.15) is 0 Å². The van der Waals surface area contributed by atoms with Gasteiger partial charge in [-0.2, -0.15) is 0 Å². The van der Waals surface area contributed by atoms with E-state index < -0.39 is 5.67 Å². The number of alkyl halides is 1. The Labute approximate surface area is 64.2 Å². The number of hydrogen-bond donors (Lipinski definition) is 1. The maximum atomic E-state index is 13.4. The van der Waals surface area contributed by atoms with Crippen molar-refractivity contribution in [2.75, 3.05) is 6.54 Å². The van der Waals surface area contributed by atoms with Gasteiger partial charge in [-0.1, -0.05) is 5.21 Å². The molecule has 62 valence electrons. The van der Waals surface area contributed by atoms with E-state index in [-0.39, 0.29) is 6.54 Å². The van der Waals surface area contributed by atoms with Crippen LogP contribution in [0.1, 0.15) is 12.6 Å². The van der Waals surface area contributed by atoms with Crippen LogP contribution in [0.4, 0.5) is 4.39 Å². The second-order valence-electron chi connectivity index (χ2n) is 2.64. The highest BCUT2D eigenvalue weighted by molar-refractivity contribution is 5.06. The Kier molecular flexibility index (Phi) is 1.90. The number of rotatable bonds is 2. The van der Waals surface area contributed by atoms with Crippen molar-refractivity contribution < 1.29 is 4.39 Å². The summed E-state index contributed by atoms with van der Waals surface area (Å²) >= 11 is 0. The summed E-state index contributed by atoms with van der Waals surface area (Å²) in [6.45, 7) is 1.35. The van der Waals surface area contributed by atoms with Gasteiger partial charge in [0.25, 0.3) is 0 Å². The van der Waals surface area contributed by atoms with Gasteiger partial charge in [0.15, 0.2) is 5.67 Å². The molecule has 1 unspecified atom stereocenters. The third kappa shape index (κ3) is 1.37. The topological polar surface area (TPSA) is 56.7 Å². The zero-order chi connectivity index (χ0) is 8.48. The molecular weight excluding hydrogens is 147 g/mol. The first-order valence-electron chi connectivity index (χ1n) is 3.32. The van der Waals surface area contributed by atoms with E-state index in [4.69, 9.17) is 5.73 Å². The normalized spacial score (nSPS) is 16.4. The quantitative estimate of drug-likeness (QED) is 0.657. The highest BCUT2D eigenvalue weighted by Crippen LogP contribution is 2.21. The van der Waals surface area contributed by atoms with Crippen LogP contribution in [-0.4, -0.2) is 21.5 Å². The van der Waals surface area contributed by atoms with Gasteiger partial charge in [-0.15, -0.1) is 5.10 Å². The van der Waals surface area contributed by atoms with E-state index in [1.807, 2.05) is 0 Å². The van der Waals surface area contributed by atoms with E-state index in [2.05, 4.69) is 10.3 Å². The van der Waals surface area contributed by atoms with E-state index in [0.717, 1.165) is 0 Å². The molecular formula is C6H11FN4. The molecule has 1 atom stereocenters. The molecule has 0 bridgehead atoms. The molecule has 5 heteroatoms. The highest BCUT2D eigenvalue weighted by atomic mass is 19.1. The summed E-state index contributed by atoms with van der Waals surface area (Å²) in [7, 11) is 1.63. The molecule has 1 heterocycles. The van der Waals surface area contributed by atoms with Gasteiger partial charge in [-0.05, 0) is 6.92 Å². The lowest BCUT2D eigenvalue weighted by atomic mass is 10.1. The van der Waals surface area contributed by atoms with Crippen molar-refractivity contribution in [3.63, 3.8) is 0 Å². The minimum Gasteiger partial charge on any atom is -0.327 e. The molecule has 0 amide bonds. The maximum absolute atomic E-state index is 13.4. The van der Waals surface area contributed by atoms with Crippen LogP contribution in [0.5, 0.6) is 0 Å². The van der Waals surface area contributed by atoms with E-state index >= 15 is 0 Å². The molecule has 1 aromatic heterocycles. The lowest BCUT2D eigenvalue weighted by Gasteiger charge is -2.16. The van der Waals surface area contributed by atoms with Crippen LogP contribution in [0, 0.1) is 0 Å². The fraction of sp³-hybridized carbons (Fsp3) is 0.667. The Balaban J connectivity index is 3.00. The fourth-order valence-electron chi connectivity index (χ4n) is 0.866. The predicted molar refractivity (Wildman–Crippen MR) is 38.5 cm³/mol. The number of nitrogens with zero attached hydrogens (tertiary/aromatic N) is 3. The molecule has 0 radical (unpaired) electrons. The number of aryl methyl sites for hydroxylation is 1. The third-order valence-corrected chi connectivity index (χ3v) is 1.63. The van der Waals surface area contributed by atoms with Gasteiger partial charge in [-0.25, -0.2) is 9.07 Å². The van der Waals surface area contributed by atoms with Crippen LogP contribution in [0.3, 0.4) is 0 Å². The van der Waals surface area contributed by atoms with Crippen molar-refractivity contribution in [3.05, 3.63) is 11.9 Å². The Morgan fingerprint density at radius 2 is 2.45 bits per heavy atom. The molecule has 0 aliphatic heterocycles. The zero-order valence-electron chi connectivity index (χ0n) is 6.58.